The Balaban J connectivity index is 1.73. The molecule has 0 spiro atoms. The van der Waals surface area contributed by atoms with Gasteiger partial charge in [-0.05, 0) is 55.9 Å². The van der Waals surface area contributed by atoms with Gasteiger partial charge in [0.15, 0.2) is 0 Å². The fraction of sp³-hybridized carbons (Fsp3) is 0.533. The number of rotatable bonds is 6. The van der Waals surface area contributed by atoms with E-state index in [0.717, 1.165) is 25.1 Å². The van der Waals surface area contributed by atoms with Crippen LogP contribution in [0.5, 0.6) is 0 Å². The first-order valence-electron chi connectivity index (χ1n) is 7.04. The van der Waals surface area contributed by atoms with Crippen LogP contribution in [0.3, 0.4) is 0 Å². The summed E-state index contributed by atoms with van der Waals surface area (Å²) < 4.78 is 5.21. The number of nitrogens with one attached hydrogen (secondary N) is 2. The number of ether oxygens (including phenoxy) is 1. The third-order valence-electron chi connectivity index (χ3n) is 3.31. The molecule has 0 saturated carbocycles. The van der Waals surface area contributed by atoms with Crippen LogP contribution in [0.2, 0.25) is 0 Å². The Morgan fingerprint density at radius 3 is 3.00 bits per heavy atom. The van der Waals surface area contributed by atoms with E-state index in [2.05, 4.69) is 22.8 Å². The van der Waals surface area contributed by atoms with Crippen molar-refractivity contribution >= 4 is 11.7 Å². The Morgan fingerprint density at radius 1 is 1.32 bits per heavy atom. The molecule has 1 aliphatic rings. The molecule has 2 rings (SSSR count). The van der Waals surface area contributed by atoms with Gasteiger partial charge in [0.05, 0.1) is 0 Å². The third kappa shape index (κ3) is 4.24. The largest absolute Gasteiger partial charge is 0.382 e. The van der Waals surface area contributed by atoms with Gasteiger partial charge in [0.1, 0.15) is 0 Å². The van der Waals surface area contributed by atoms with E-state index >= 15 is 0 Å². The van der Waals surface area contributed by atoms with Crippen molar-refractivity contribution in [2.45, 2.75) is 32.6 Å². The van der Waals surface area contributed by atoms with Crippen molar-refractivity contribution in [1.29, 1.82) is 0 Å². The van der Waals surface area contributed by atoms with Crippen LogP contribution < -0.4 is 10.6 Å². The van der Waals surface area contributed by atoms with Gasteiger partial charge in [-0.15, -0.1) is 0 Å². The van der Waals surface area contributed by atoms with E-state index in [-0.39, 0.29) is 6.03 Å². The van der Waals surface area contributed by atoms with Crippen molar-refractivity contribution in [3.05, 3.63) is 29.3 Å². The van der Waals surface area contributed by atoms with Gasteiger partial charge in [0.25, 0.3) is 0 Å². The van der Waals surface area contributed by atoms with Crippen LogP contribution in [0.25, 0.3) is 0 Å². The third-order valence-corrected chi connectivity index (χ3v) is 3.31. The van der Waals surface area contributed by atoms with Crippen molar-refractivity contribution in [3.63, 3.8) is 0 Å². The number of carbonyl (C=O) groups excluding carboxylic acids is 1. The summed E-state index contributed by atoms with van der Waals surface area (Å²) in [5.74, 6) is 0. The Hall–Kier alpha value is -1.55. The lowest BCUT2D eigenvalue weighted by molar-refractivity contribution is 0.145. The van der Waals surface area contributed by atoms with E-state index in [1.54, 1.807) is 0 Å². The summed E-state index contributed by atoms with van der Waals surface area (Å²) in [6.07, 6.45) is 4.36. The molecule has 0 saturated heterocycles. The minimum absolute atomic E-state index is 0.144. The highest BCUT2D eigenvalue weighted by molar-refractivity contribution is 5.89. The number of hydrogen-bond donors (Lipinski definition) is 2. The summed E-state index contributed by atoms with van der Waals surface area (Å²) in [5, 5.41) is 5.70. The number of aryl methyl sites for hydroxylation is 2. The van der Waals surface area contributed by atoms with Crippen LogP contribution in [0.15, 0.2) is 18.2 Å². The Labute approximate surface area is 114 Å². The molecule has 0 unspecified atom stereocenters. The standard InChI is InChI=1S/C15H22N2O2/c1-2-19-10-4-9-16-15(18)17-14-8-7-12-5-3-6-13(12)11-14/h7-8,11H,2-6,9-10H2,1H3,(H2,16,17,18). The van der Waals surface area contributed by atoms with Gasteiger partial charge < -0.3 is 15.4 Å². The molecule has 0 fully saturated rings. The van der Waals surface area contributed by atoms with Crippen molar-refractivity contribution in [3.8, 4) is 0 Å². The number of urea groups is 1. The normalized spacial score (nSPS) is 13.1. The van der Waals surface area contributed by atoms with Gasteiger partial charge in [-0.3, -0.25) is 0 Å². The van der Waals surface area contributed by atoms with E-state index in [9.17, 15) is 4.79 Å². The topological polar surface area (TPSA) is 50.4 Å². The number of benzene rings is 1. The lowest BCUT2D eigenvalue weighted by Crippen LogP contribution is -2.30. The van der Waals surface area contributed by atoms with Gasteiger partial charge in [-0.1, -0.05) is 6.07 Å². The first kappa shape index (κ1) is 13.9. The number of anilines is 1. The SMILES string of the molecule is CCOCCCNC(=O)Nc1ccc2c(c1)CCC2. The van der Waals surface area contributed by atoms with Crippen LogP contribution in [0.4, 0.5) is 10.5 Å². The molecule has 1 aromatic rings. The molecule has 2 amide bonds. The summed E-state index contributed by atoms with van der Waals surface area (Å²) >= 11 is 0. The first-order chi connectivity index (χ1) is 9.29. The smallest absolute Gasteiger partial charge is 0.319 e. The fourth-order valence-electron chi connectivity index (χ4n) is 2.35. The van der Waals surface area contributed by atoms with Gasteiger partial charge in [0, 0.05) is 25.4 Å². The summed E-state index contributed by atoms with van der Waals surface area (Å²) in [4.78, 5) is 11.7. The first-order valence-corrected chi connectivity index (χ1v) is 7.04. The number of hydrogen-bond acceptors (Lipinski definition) is 2. The van der Waals surface area contributed by atoms with E-state index in [1.165, 1.54) is 24.0 Å². The quantitative estimate of drug-likeness (QED) is 0.774. The lowest BCUT2D eigenvalue weighted by atomic mass is 10.1. The predicted octanol–water partition coefficient (Wildman–Crippen LogP) is 2.72. The molecular formula is C15H22N2O2. The molecule has 19 heavy (non-hydrogen) atoms. The van der Waals surface area contributed by atoms with E-state index < -0.39 is 0 Å². The molecule has 0 heterocycles. The summed E-state index contributed by atoms with van der Waals surface area (Å²) in [7, 11) is 0. The molecule has 0 aromatic heterocycles. The summed E-state index contributed by atoms with van der Waals surface area (Å²) in [6, 6.07) is 6.04. The molecule has 0 radical (unpaired) electrons. The van der Waals surface area contributed by atoms with Crippen LogP contribution in [-0.4, -0.2) is 25.8 Å². The highest BCUT2D eigenvalue weighted by atomic mass is 16.5. The van der Waals surface area contributed by atoms with Crippen LogP contribution in [-0.2, 0) is 17.6 Å². The molecule has 0 aliphatic heterocycles. The zero-order valence-electron chi connectivity index (χ0n) is 11.5. The second kappa shape index (κ2) is 7.14. The van der Waals surface area contributed by atoms with Crippen molar-refractivity contribution in [2.24, 2.45) is 0 Å². The molecule has 104 valence electrons. The molecule has 0 atom stereocenters. The second-order valence-corrected chi connectivity index (χ2v) is 4.77. The van der Waals surface area contributed by atoms with Gasteiger partial charge in [0.2, 0.25) is 0 Å². The highest BCUT2D eigenvalue weighted by Crippen LogP contribution is 2.24. The molecular weight excluding hydrogens is 240 g/mol. The zero-order valence-corrected chi connectivity index (χ0v) is 11.5. The molecule has 4 heteroatoms. The molecule has 0 bridgehead atoms. The minimum Gasteiger partial charge on any atom is -0.382 e. The van der Waals surface area contributed by atoms with E-state index in [4.69, 9.17) is 4.74 Å². The summed E-state index contributed by atoms with van der Waals surface area (Å²) in [6.45, 7) is 4.02. The number of amides is 2. The van der Waals surface area contributed by atoms with Crippen LogP contribution in [0.1, 0.15) is 30.9 Å². The molecule has 4 nitrogen and oxygen atoms in total. The number of fused-ring (bicyclic) bond motifs is 1. The highest BCUT2D eigenvalue weighted by Gasteiger charge is 2.11. The van der Waals surface area contributed by atoms with Crippen molar-refractivity contribution in [1.82, 2.24) is 5.32 Å². The molecule has 1 aromatic carbocycles. The molecule has 2 N–H and O–H groups in total. The fourth-order valence-corrected chi connectivity index (χ4v) is 2.35. The lowest BCUT2D eigenvalue weighted by Gasteiger charge is -2.09. The van der Waals surface area contributed by atoms with E-state index in [1.807, 2.05) is 13.0 Å². The van der Waals surface area contributed by atoms with Gasteiger partial charge >= 0.3 is 6.03 Å². The Bertz CT molecular complexity index is 432. The monoisotopic (exact) mass is 262 g/mol. The second-order valence-electron chi connectivity index (χ2n) is 4.77. The summed E-state index contributed by atoms with van der Waals surface area (Å²) in [5.41, 5.74) is 3.67. The van der Waals surface area contributed by atoms with Crippen LogP contribution >= 0.6 is 0 Å². The maximum atomic E-state index is 11.7. The maximum Gasteiger partial charge on any atom is 0.319 e. The van der Waals surface area contributed by atoms with Crippen LogP contribution in [0, 0.1) is 0 Å². The number of carbonyl (C=O) groups is 1. The Morgan fingerprint density at radius 2 is 2.16 bits per heavy atom. The maximum absolute atomic E-state index is 11.7. The van der Waals surface area contributed by atoms with Gasteiger partial charge in [-0.2, -0.15) is 0 Å². The van der Waals surface area contributed by atoms with Crippen molar-refractivity contribution in [2.75, 3.05) is 25.1 Å². The predicted molar refractivity (Wildman–Crippen MR) is 76.6 cm³/mol. The van der Waals surface area contributed by atoms with Gasteiger partial charge in [-0.25, -0.2) is 4.79 Å². The van der Waals surface area contributed by atoms with Crippen molar-refractivity contribution < 1.29 is 9.53 Å². The minimum atomic E-state index is -0.144. The Kier molecular flexibility index (Phi) is 5.21. The van der Waals surface area contributed by atoms with E-state index in [0.29, 0.717) is 13.2 Å². The molecule has 1 aliphatic carbocycles. The average Bonchev–Trinajstić information content (AvgIpc) is 2.86. The average molecular weight is 262 g/mol. The zero-order chi connectivity index (χ0) is 13.5.